The van der Waals surface area contributed by atoms with Gasteiger partial charge >= 0.3 is 0 Å². The van der Waals surface area contributed by atoms with Crippen LogP contribution in [0.15, 0.2) is 67.3 Å². The average Bonchev–Trinajstić information content (AvgIpc) is 3.54. The molecule has 0 aliphatic carbocycles. The zero-order valence-corrected chi connectivity index (χ0v) is 23.1. The van der Waals surface area contributed by atoms with E-state index in [2.05, 4.69) is 49.3 Å². The van der Waals surface area contributed by atoms with Crippen molar-refractivity contribution in [1.29, 1.82) is 0 Å². The predicted molar refractivity (Wildman–Crippen MR) is 158 cm³/mol. The molecule has 0 fully saturated rings. The molecule has 0 radical (unpaired) electrons. The number of aromatic nitrogens is 6. The van der Waals surface area contributed by atoms with Gasteiger partial charge in [-0.2, -0.15) is 5.10 Å². The summed E-state index contributed by atoms with van der Waals surface area (Å²) in [7, 11) is -3.67. The number of nitrogens with zero attached hydrogens (tertiary/aromatic N) is 4. The molecule has 1 aromatic carbocycles. The Labute approximate surface area is 235 Å². The van der Waals surface area contributed by atoms with E-state index in [1.54, 1.807) is 36.9 Å². The number of sulfonamides is 1. The lowest BCUT2D eigenvalue weighted by Gasteiger charge is -2.10. The number of fused-ring (bicyclic) bond motifs is 2. The maximum atomic E-state index is 14.6. The minimum Gasteiger partial charge on any atom is -0.382 e. The number of nitrogens with one attached hydrogen (secondary N) is 3. The largest absolute Gasteiger partial charge is 0.382 e. The van der Waals surface area contributed by atoms with E-state index in [4.69, 9.17) is 5.14 Å². The maximum absolute atomic E-state index is 14.6. The van der Waals surface area contributed by atoms with Crippen molar-refractivity contribution in [3.8, 4) is 33.6 Å². The molecule has 5 N–H and O–H groups in total. The first-order valence-corrected chi connectivity index (χ1v) is 14.7. The molecule has 41 heavy (non-hydrogen) atoms. The number of nitrogens with two attached hydrogens (primary N) is 1. The molecule has 0 atom stereocenters. The molecule has 6 aromatic rings. The Kier molecular flexibility index (Phi) is 6.72. The SMILES string of the molecule is CC(C)Nc1cncc(-c2cnc3[nH]nc(-c4cc5c(-c6cc(F)cc(CCS(N)(=O)=O)c6)ccnc5[nH]4)c3c2)c1. The summed E-state index contributed by atoms with van der Waals surface area (Å²) in [6.45, 7) is 4.14. The van der Waals surface area contributed by atoms with Gasteiger partial charge in [0.1, 0.15) is 17.2 Å². The lowest BCUT2D eigenvalue weighted by Crippen LogP contribution is -2.18. The van der Waals surface area contributed by atoms with E-state index in [1.807, 2.05) is 18.2 Å². The van der Waals surface area contributed by atoms with Crippen LogP contribution in [0.3, 0.4) is 0 Å². The Bertz CT molecular complexity index is 2020. The van der Waals surface area contributed by atoms with E-state index in [-0.39, 0.29) is 18.2 Å². The van der Waals surface area contributed by atoms with Crippen LogP contribution >= 0.6 is 0 Å². The molecule has 6 rings (SSSR count). The van der Waals surface area contributed by atoms with Gasteiger partial charge in [0.2, 0.25) is 10.0 Å². The standard InChI is InChI=1S/C29H27FN8O2S/c1-16(2)35-22-10-19(13-32-15-22)20-11-25-27(37-38-29(25)34-14-20)26-12-24-23(3-5-33-28(24)36-26)18-7-17(8-21(30)9-18)4-6-41(31,39)40/h3,5,7-16,35H,4,6H2,1-2H3,(H,33,36)(H2,31,39,40)(H,34,37,38). The van der Waals surface area contributed by atoms with Gasteiger partial charge in [-0.25, -0.2) is 27.9 Å². The van der Waals surface area contributed by atoms with Crippen molar-refractivity contribution < 1.29 is 12.8 Å². The third kappa shape index (κ3) is 5.65. The number of aromatic amines is 2. The van der Waals surface area contributed by atoms with Gasteiger partial charge in [-0.15, -0.1) is 0 Å². The van der Waals surface area contributed by atoms with Crippen LogP contribution in [0.25, 0.3) is 55.7 Å². The van der Waals surface area contributed by atoms with Crippen molar-refractivity contribution in [3.63, 3.8) is 0 Å². The fraction of sp³-hybridized carbons (Fsp3) is 0.172. The zero-order chi connectivity index (χ0) is 28.7. The number of primary sulfonamides is 1. The highest BCUT2D eigenvalue weighted by Crippen LogP contribution is 2.35. The van der Waals surface area contributed by atoms with Crippen LogP contribution in [0.1, 0.15) is 19.4 Å². The van der Waals surface area contributed by atoms with Gasteiger partial charge in [0.15, 0.2) is 5.65 Å². The molecule has 0 unspecified atom stereocenters. The van der Waals surface area contributed by atoms with Gasteiger partial charge in [0.25, 0.3) is 0 Å². The maximum Gasteiger partial charge on any atom is 0.209 e. The molecule has 0 amide bonds. The second-order valence-electron chi connectivity index (χ2n) is 10.2. The Balaban J connectivity index is 1.40. The normalized spacial score (nSPS) is 12.0. The molecule has 0 aliphatic heterocycles. The summed E-state index contributed by atoms with van der Waals surface area (Å²) in [5.41, 5.74) is 7.22. The van der Waals surface area contributed by atoms with Gasteiger partial charge in [-0.1, -0.05) is 6.07 Å². The fourth-order valence-electron chi connectivity index (χ4n) is 4.89. The number of pyridine rings is 3. The molecule has 10 nitrogen and oxygen atoms in total. The number of aryl methyl sites for hydroxylation is 1. The molecule has 5 aromatic heterocycles. The highest BCUT2D eigenvalue weighted by molar-refractivity contribution is 7.89. The third-order valence-electron chi connectivity index (χ3n) is 6.67. The molecule has 12 heteroatoms. The van der Waals surface area contributed by atoms with E-state index in [9.17, 15) is 12.8 Å². The zero-order valence-electron chi connectivity index (χ0n) is 22.3. The van der Waals surface area contributed by atoms with E-state index < -0.39 is 15.8 Å². The highest BCUT2D eigenvalue weighted by Gasteiger charge is 2.17. The Hall–Kier alpha value is -4.68. The van der Waals surface area contributed by atoms with Crippen LogP contribution in [-0.4, -0.2) is 50.3 Å². The lowest BCUT2D eigenvalue weighted by molar-refractivity contribution is 0.596. The van der Waals surface area contributed by atoms with Crippen molar-refractivity contribution in [2.45, 2.75) is 26.3 Å². The van der Waals surface area contributed by atoms with Crippen LogP contribution < -0.4 is 10.5 Å². The molecular weight excluding hydrogens is 543 g/mol. The van der Waals surface area contributed by atoms with E-state index >= 15 is 0 Å². The molecule has 0 bridgehead atoms. The summed E-state index contributed by atoms with van der Waals surface area (Å²) in [5.74, 6) is -0.737. The van der Waals surface area contributed by atoms with Crippen molar-refractivity contribution >= 4 is 37.8 Å². The van der Waals surface area contributed by atoms with Crippen molar-refractivity contribution in [2.75, 3.05) is 11.1 Å². The number of hydrogen-bond acceptors (Lipinski definition) is 7. The summed E-state index contributed by atoms with van der Waals surface area (Å²) in [6.07, 6.45) is 7.11. The molecule has 0 aliphatic rings. The smallest absolute Gasteiger partial charge is 0.209 e. The molecule has 5 heterocycles. The molecular formula is C29H27FN8O2S. The molecule has 0 spiro atoms. The number of benzene rings is 1. The minimum absolute atomic E-state index is 0.108. The number of rotatable bonds is 8. The summed E-state index contributed by atoms with van der Waals surface area (Å²) in [4.78, 5) is 16.8. The summed E-state index contributed by atoms with van der Waals surface area (Å²) >= 11 is 0. The first-order chi connectivity index (χ1) is 19.6. The Morgan fingerprint density at radius 1 is 0.951 bits per heavy atom. The second-order valence-corrected chi connectivity index (χ2v) is 12.0. The highest BCUT2D eigenvalue weighted by atomic mass is 32.2. The number of hydrogen-bond donors (Lipinski definition) is 4. The predicted octanol–water partition coefficient (Wildman–Crippen LogP) is 5.02. The van der Waals surface area contributed by atoms with Gasteiger partial charge in [-0.3, -0.25) is 10.1 Å². The van der Waals surface area contributed by atoms with Crippen molar-refractivity contribution in [2.24, 2.45) is 5.14 Å². The van der Waals surface area contributed by atoms with E-state index in [1.165, 1.54) is 12.1 Å². The topological polar surface area (TPSA) is 155 Å². The summed E-state index contributed by atoms with van der Waals surface area (Å²) in [6, 6.07) is 12.5. The van der Waals surface area contributed by atoms with Gasteiger partial charge in [0, 0.05) is 52.7 Å². The first kappa shape index (κ1) is 26.5. The van der Waals surface area contributed by atoms with Crippen LogP contribution in [0.2, 0.25) is 0 Å². The van der Waals surface area contributed by atoms with Crippen LogP contribution in [0, 0.1) is 5.82 Å². The van der Waals surface area contributed by atoms with Gasteiger partial charge in [-0.05, 0) is 73.4 Å². The summed E-state index contributed by atoms with van der Waals surface area (Å²) < 4.78 is 37.4. The van der Waals surface area contributed by atoms with E-state index in [0.717, 1.165) is 33.2 Å². The molecule has 0 saturated carbocycles. The van der Waals surface area contributed by atoms with Gasteiger partial charge < -0.3 is 10.3 Å². The Morgan fingerprint density at radius 2 is 1.78 bits per heavy atom. The molecule has 208 valence electrons. The van der Waals surface area contributed by atoms with Crippen molar-refractivity contribution in [3.05, 3.63) is 78.6 Å². The van der Waals surface area contributed by atoms with Gasteiger partial charge in [0.05, 0.1) is 17.1 Å². The van der Waals surface area contributed by atoms with E-state index in [0.29, 0.717) is 33.8 Å². The monoisotopic (exact) mass is 570 g/mol. The fourth-order valence-corrected chi connectivity index (χ4v) is 5.41. The van der Waals surface area contributed by atoms with Crippen LogP contribution in [-0.2, 0) is 16.4 Å². The van der Waals surface area contributed by atoms with Crippen LogP contribution in [0.4, 0.5) is 10.1 Å². The number of H-pyrrole nitrogens is 2. The van der Waals surface area contributed by atoms with Crippen LogP contribution in [0.5, 0.6) is 0 Å². The number of halogens is 1. The second kappa shape index (κ2) is 10.4. The Morgan fingerprint density at radius 3 is 2.59 bits per heavy atom. The number of anilines is 1. The molecule has 0 saturated heterocycles. The average molecular weight is 571 g/mol. The lowest BCUT2D eigenvalue weighted by atomic mass is 10.00. The quantitative estimate of drug-likeness (QED) is 0.200. The third-order valence-corrected chi connectivity index (χ3v) is 7.45. The summed E-state index contributed by atoms with van der Waals surface area (Å²) in [5, 5.41) is 17.6. The minimum atomic E-state index is -3.67. The first-order valence-electron chi connectivity index (χ1n) is 13.0. The van der Waals surface area contributed by atoms with Crippen molar-refractivity contribution in [1.82, 2.24) is 30.1 Å².